The standard InChI is InChI=1S/C12H12BrClO2/c1-2-16-12(15)10(8-13)7-9-3-5-11(14)6-4-9/h3-7H,2,8H2,1H3/b10-7-. The fourth-order valence-electron chi connectivity index (χ4n) is 1.14. The largest absolute Gasteiger partial charge is 0.463 e. The van der Waals surface area contributed by atoms with Crippen LogP contribution in [-0.4, -0.2) is 17.9 Å². The number of ether oxygens (including phenoxy) is 1. The zero-order chi connectivity index (χ0) is 12.0. The predicted octanol–water partition coefficient (Wildman–Crippen LogP) is 3.68. The average molecular weight is 304 g/mol. The molecule has 0 saturated heterocycles. The van der Waals surface area contributed by atoms with E-state index in [0.29, 0.717) is 22.5 Å². The molecule has 0 fully saturated rings. The van der Waals surface area contributed by atoms with Crippen molar-refractivity contribution in [3.05, 3.63) is 40.4 Å². The van der Waals surface area contributed by atoms with Crippen molar-refractivity contribution in [2.24, 2.45) is 0 Å². The van der Waals surface area contributed by atoms with Crippen molar-refractivity contribution in [1.82, 2.24) is 0 Å². The molecule has 0 aliphatic carbocycles. The highest BCUT2D eigenvalue weighted by Crippen LogP contribution is 2.14. The Balaban J connectivity index is 2.87. The van der Waals surface area contributed by atoms with Gasteiger partial charge in [-0.1, -0.05) is 39.7 Å². The number of esters is 1. The van der Waals surface area contributed by atoms with Crippen molar-refractivity contribution in [1.29, 1.82) is 0 Å². The van der Waals surface area contributed by atoms with Crippen LogP contribution in [0, 0.1) is 0 Å². The minimum Gasteiger partial charge on any atom is -0.463 e. The molecule has 4 heteroatoms. The first-order chi connectivity index (χ1) is 7.67. The topological polar surface area (TPSA) is 26.3 Å². The number of carbonyl (C=O) groups is 1. The average Bonchev–Trinajstić information content (AvgIpc) is 2.28. The zero-order valence-corrected chi connectivity index (χ0v) is 11.2. The van der Waals surface area contributed by atoms with Gasteiger partial charge in [0.05, 0.1) is 6.61 Å². The summed E-state index contributed by atoms with van der Waals surface area (Å²) in [6, 6.07) is 7.27. The van der Waals surface area contributed by atoms with Gasteiger partial charge in [0.15, 0.2) is 0 Å². The van der Waals surface area contributed by atoms with Crippen LogP contribution in [0.25, 0.3) is 6.08 Å². The number of rotatable bonds is 4. The van der Waals surface area contributed by atoms with Gasteiger partial charge in [-0.25, -0.2) is 4.79 Å². The van der Waals surface area contributed by atoms with E-state index in [0.717, 1.165) is 5.56 Å². The minimum atomic E-state index is -0.297. The first-order valence-corrected chi connectivity index (χ1v) is 6.36. The maximum Gasteiger partial charge on any atom is 0.334 e. The molecule has 1 aromatic rings. The molecule has 0 N–H and O–H groups in total. The van der Waals surface area contributed by atoms with Gasteiger partial charge in [0.1, 0.15) is 0 Å². The van der Waals surface area contributed by atoms with E-state index < -0.39 is 0 Å². The van der Waals surface area contributed by atoms with Gasteiger partial charge in [-0.2, -0.15) is 0 Å². The summed E-state index contributed by atoms with van der Waals surface area (Å²) in [6.07, 6.45) is 1.78. The molecular formula is C12H12BrClO2. The van der Waals surface area contributed by atoms with Gasteiger partial charge in [0.25, 0.3) is 0 Å². The Morgan fingerprint density at radius 2 is 2.06 bits per heavy atom. The second kappa shape index (κ2) is 6.71. The summed E-state index contributed by atoms with van der Waals surface area (Å²) in [5.41, 5.74) is 1.51. The van der Waals surface area contributed by atoms with Gasteiger partial charge < -0.3 is 4.74 Å². The van der Waals surface area contributed by atoms with Crippen LogP contribution in [0.5, 0.6) is 0 Å². The van der Waals surface area contributed by atoms with Crippen LogP contribution in [0.2, 0.25) is 5.02 Å². The number of hydrogen-bond donors (Lipinski definition) is 0. The van der Waals surface area contributed by atoms with Gasteiger partial charge in [0, 0.05) is 15.9 Å². The molecule has 0 bridgehead atoms. The van der Waals surface area contributed by atoms with Crippen LogP contribution in [0.15, 0.2) is 29.8 Å². The summed E-state index contributed by atoms with van der Waals surface area (Å²) in [5.74, 6) is -0.297. The van der Waals surface area contributed by atoms with Gasteiger partial charge in [0.2, 0.25) is 0 Å². The third-order valence-corrected chi connectivity index (χ3v) is 2.75. The number of carbonyl (C=O) groups excluding carboxylic acids is 1. The van der Waals surface area contributed by atoms with Crippen LogP contribution >= 0.6 is 27.5 Å². The normalized spacial score (nSPS) is 11.3. The molecule has 0 aromatic heterocycles. The lowest BCUT2D eigenvalue weighted by Gasteiger charge is -2.03. The Labute approximate surface area is 108 Å². The monoisotopic (exact) mass is 302 g/mol. The molecule has 0 amide bonds. The van der Waals surface area contributed by atoms with E-state index in [2.05, 4.69) is 15.9 Å². The maximum atomic E-state index is 11.5. The summed E-state index contributed by atoms with van der Waals surface area (Å²) >= 11 is 9.04. The summed E-state index contributed by atoms with van der Waals surface area (Å²) in [7, 11) is 0. The van der Waals surface area contributed by atoms with E-state index in [9.17, 15) is 4.79 Å². The zero-order valence-electron chi connectivity index (χ0n) is 8.87. The highest BCUT2D eigenvalue weighted by atomic mass is 79.9. The lowest BCUT2D eigenvalue weighted by atomic mass is 10.1. The first kappa shape index (κ1) is 13.3. The fraction of sp³-hybridized carbons (Fsp3) is 0.250. The molecule has 0 atom stereocenters. The molecule has 1 rings (SSSR count). The molecule has 1 aromatic carbocycles. The van der Waals surface area contributed by atoms with Crippen molar-refractivity contribution < 1.29 is 9.53 Å². The van der Waals surface area contributed by atoms with Crippen LogP contribution in [-0.2, 0) is 9.53 Å². The third-order valence-electron chi connectivity index (χ3n) is 1.89. The Morgan fingerprint density at radius 3 is 2.56 bits per heavy atom. The van der Waals surface area contributed by atoms with Crippen LogP contribution in [0.1, 0.15) is 12.5 Å². The minimum absolute atomic E-state index is 0.297. The summed E-state index contributed by atoms with van der Waals surface area (Å²) in [5, 5.41) is 1.14. The predicted molar refractivity (Wildman–Crippen MR) is 69.9 cm³/mol. The van der Waals surface area contributed by atoms with Crippen molar-refractivity contribution in [2.75, 3.05) is 11.9 Å². The maximum absolute atomic E-state index is 11.5. The van der Waals surface area contributed by atoms with Gasteiger partial charge in [-0.05, 0) is 30.7 Å². The Hall–Kier alpha value is -0.800. The van der Waals surface area contributed by atoms with Crippen LogP contribution in [0.4, 0.5) is 0 Å². The van der Waals surface area contributed by atoms with Crippen LogP contribution in [0.3, 0.4) is 0 Å². The molecule has 0 aliphatic heterocycles. The fourth-order valence-corrected chi connectivity index (χ4v) is 1.65. The molecule has 0 radical (unpaired) electrons. The van der Waals surface area contributed by atoms with Gasteiger partial charge >= 0.3 is 5.97 Å². The molecule has 0 spiro atoms. The summed E-state index contributed by atoms with van der Waals surface area (Å²) in [4.78, 5) is 11.5. The van der Waals surface area contributed by atoms with Gasteiger partial charge in [-0.3, -0.25) is 0 Å². The number of hydrogen-bond acceptors (Lipinski definition) is 2. The number of halogens is 2. The Kier molecular flexibility index (Phi) is 5.56. The molecule has 0 aliphatic rings. The van der Waals surface area contributed by atoms with E-state index in [-0.39, 0.29) is 5.97 Å². The molecular weight excluding hydrogens is 291 g/mol. The second-order valence-corrected chi connectivity index (χ2v) is 4.07. The van der Waals surface area contributed by atoms with E-state index >= 15 is 0 Å². The van der Waals surface area contributed by atoms with Crippen molar-refractivity contribution >= 4 is 39.6 Å². The van der Waals surface area contributed by atoms with E-state index in [1.165, 1.54) is 0 Å². The highest BCUT2D eigenvalue weighted by Gasteiger charge is 2.08. The lowest BCUT2D eigenvalue weighted by molar-refractivity contribution is -0.138. The SMILES string of the molecule is CCOC(=O)/C(=C\c1ccc(Cl)cc1)CBr. The van der Waals surface area contributed by atoms with E-state index in [1.807, 2.05) is 12.1 Å². The molecule has 0 unspecified atom stereocenters. The van der Waals surface area contributed by atoms with E-state index in [4.69, 9.17) is 16.3 Å². The molecule has 0 saturated carbocycles. The molecule has 16 heavy (non-hydrogen) atoms. The second-order valence-electron chi connectivity index (χ2n) is 3.08. The summed E-state index contributed by atoms with van der Waals surface area (Å²) < 4.78 is 4.93. The smallest absolute Gasteiger partial charge is 0.334 e. The quantitative estimate of drug-likeness (QED) is 0.482. The van der Waals surface area contributed by atoms with E-state index in [1.54, 1.807) is 25.1 Å². The Morgan fingerprint density at radius 1 is 1.44 bits per heavy atom. The van der Waals surface area contributed by atoms with Crippen molar-refractivity contribution in [3.8, 4) is 0 Å². The third kappa shape index (κ3) is 3.99. The number of benzene rings is 1. The lowest BCUT2D eigenvalue weighted by Crippen LogP contribution is -2.08. The van der Waals surface area contributed by atoms with Crippen molar-refractivity contribution in [2.45, 2.75) is 6.92 Å². The molecule has 86 valence electrons. The first-order valence-electron chi connectivity index (χ1n) is 4.86. The molecule has 2 nitrogen and oxygen atoms in total. The summed E-state index contributed by atoms with van der Waals surface area (Å²) in [6.45, 7) is 2.16. The van der Waals surface area contributed by atoms with Crippen LogP contribution < -0.4 is 0 Å². The van der Waals surface area contributed by atoms with Crippen molar-refractivity contribution in [3.63, 3.8) is 0 Å². The molecule has 0 heterocycles. The number of alkyl halides is 1. The van der Waals surface area contributed by atoms with Gasteiger partial charge in [-0.15, -0.1) is 0 Å². The Bertz CT molecular complexity index is 385. The highest BCUT2D eigenvalue weighted by molar-refractivity contribution is 9.09.